The molecule has 17 heavy (non-hydrogen) atoms. The van der Waals surface area contributed by atoms with E-state index < -0.39 is 11.6 Å². The van der Waals surface area contributed by atoms with E-state index in [-0.39, 0.29) is 6.10 Å². The smallest absolute Gasteiger partial charge is 0.147 e. The van der Waals surface area contributed by atoms with Crippen molar-refractivity contribution in [2.45, 2.75) is 32.5 Å². The third kappa shape index (κ3) is 2.95. The van der Waals surface area contributed by atoms with Crippen LogP contribution in [0.1, 0.15) is 26.3 Å². The van der Waals surface area contributed by atoms with Gasteiger partial charge in [0.25, 0.3) is 0 Å². The molecule has 0 aliphatic carbocycles. The first kappa shape index (κ1) is 13.5. The highest BCUT2D eigenvalue weighted by Crippen LogP contribution is 2.28. The van der Waals surface area contributed by atoms with Gasteiger partial charge in [0.2, 0.25) is 0 Å². The van der Waals surface area contributed by atoms with Crippen molar-refractivity contribution in [2.24, 2.45) is 5.90 Å². The topological polar surface area (TPSA) is 84.6 Å². The Bertz CT molecular complexity index is 405. The number of ether oxygens (including phenoxy) is 1. The molecule has 1 atom stereocenters. The first-order chi connectivity index (χ1) is 7.90. The van der Waals surface area contributed by atoms with Crippen LogP contribution in [0.2, 0.25) is 0 Å². The van der Waals surface area contributed by atoms with Gasteiger partial charge < -0.3 is 19.5 Å². The van der Waals surface area contributed by atoms with Crippen LogP contribution in [0, 0.1) is 0 Å². The molecule has 0 saturated carbocycles. The summed E-state index contributed by atoms with van der Waals surface area (Å²) in [5.74, 6) is 4.09. The SMILES string of the molecule is CC(C)OC(C)(C(=O)[O-])c1cccc(ON)c1. The Morgan fingerprint density at radius 3 is 2.59 bits per heavy atom. The number of benzene rings is 1. The van der Waals surface area contributed by atoms with Crippen LogP contribution < -0.4 is 15.8 Å². The molecule has 0 radical (unpaired) electrons. The predicted octanol–water partition coefficient (Wildman–Crippen LogP) is 0.329. The van der Waals surface area contributed by atoms with Gasteiger partial charge in [-0.3, -0.25) is 0 Å². The van der Waals surface area contributed by atoms with Gasteiger partial charge in [-0.25, -0.2) is 0 Å². The van der Waals surface area contributed by atoms with Gasteiger partial charge in [-0.05, 0) is 38.5 Å². The van der Waals surface area contributed by atoms with Crippen molar-refractivity contribution in [1.29, 1.82) is 0 Å². The van der Waals surface area contributed by atoms with Gasteiger partial charge in [-0.1, -0.05) is 12.1 Å². The second-order valence-corrected chi connectivity index (χ2v) is 4.13. The summed E-state index contributed by atoms with van der Waals surface area (Å²) in [6.07, 6.45) is -0.250. The van der Waals surface area contributed by atoms with Crippen LogP contribution in [-0.2, 0) is 15.1 Å². The Labute approximate surface area is 100 Å². The molecular weight excluding hydrogens is 222 g/mol. The molecule has 1 unspecified atom stereocenters. The van der Waals surface area contributed by atoms with Crippen LogP contribution in [0.3, 0.4) is 0 Å². The number of carboxylic acids is 1. The van der Waals surface area contributed by atoms with Crippen molar-refractivity contribution < 1.29 is 19.5 Å². The van der Waals surface area contributed by atoms with E-state index >= 15 is 0 Å². The number of nitrogens with two attached hydrogens (primary N) is 1. The van der Waals surface area contributed by atoms with Crippen LogP contribution in [0.15, 0.2) is 24.3 Å². The van der Waals surface area contributed by atoms with Crippen LogP contribution >= 0.6 is 0 Å². The number of hydrogen-bond acceptors (Lipinski definition) is 5. The predicted molar refractivity (Wildman–Crippen MR) is 59.8 cm³/mol. The molecule has 0 amide bonds. The molecule has 94 valence electrons. The van der Waals surface area contributed by atoms with E-state index in [1.54, 1.807) is 32.0 Å². The molecule has 0 heterocycles. The second kappa shape index (κ2) is 5.16. The zero-order valence-corrected chi connectivity index (χ0v) is 10.1. The van der Waals surface area contributed by atoms with E-state index in [0.717, 1.165) is 0 Å². The van der Waals surface area contributed by atoms with E-state index in [0.29, 0.717) is 11.3 Å². The Balaban J connectivity index is 3.17. The highest BCUT2D eigenvalue weighted by atomic mass is 16.6. The van der Waals surface area contributed by atoms with Gasteiger partial charge in [0.05, 0.1) is 12.1 Å². The molecule has 0 spiro atoms. The molecule has 1 aromatic carbocycles. The molecule has 5 nitrogen and oxygen atoms in total. The van der Waals surface area contributed by atoms with Gasteiger partial charge in [0.15, 0.2) is 0 Å². The number of carbonyl (C=O) groups is 1. The summed E-state index contributed by atoms with van der Waals surface area (Å²) >= 11 is 0. The normalized spacial score (nSPS) is 14.4. The average molecular weight is 238 g/mol. The van der Waals surface area contributed by atoms with Gasteiger partial charge in [-0.2, -0.15) is 5.90 Å². The molecule has 0 bridgehead atoms. The quantitative estimate of drug-likeness (QED) is 0.747. The van der Waals surface area contributed by atoms with Crippen LogP contribution in [0.4, 0.5) is 0 Å². The number of carbonyl (C=O) groups excluding carboxylic acids is 1. The second-order valence-electron chi connectivity index (χ2n) is 4.13. The number of hydrogen-bond donors (Lipinski definition) is 1. The minimum atomic E-state index is -1.53. The highest BCUT2D eigenvalue weighted by Gasteiger charge is 2.30. The van der Waals surface area contributed by atoms with Gasteiger partial charge in [0.1, 0.15) is 11.4 Å². The molecular formula is C12H16NO4-. The number of rotatable bonds is 5. The van der Waals surface area contributed by atoms with E-state index in [4.69, 9.17) is 10.6 Å². The number of aliphatic carboxylic acids is 1. The molecule has 1 rings (SSSR count). The summed E-state index contributed by atoms with van der Waals surface area (Å²) in [5.41, 5.74) is -1.10. The zero-order chi connectivity index (χ0) is 13.1. The Kier molecular flexibility index (Phi) is 4.09. The monoisotopic (exact) mass is 238 g/mol. The Morgan fingerprint density at radius 1 is 1.47 bits per heavy atom. The molecule has 2 N–H and O–H groups in total. The van der Waals surface area contributed by atoms with Gasteiger partial charge in [0, 0.05) is 0 Å². The maximum Gasteiger partial charge on any atom is 0.147 e. The lowest BCUT2D eigenvalue weighted by Gasteiger charge is -2.33. The van der Waals surface area contributed by atoms with E-state index in [2.05, 4.69) is 4.84 Å². The van der Waals surface area contributed by atoms with Crippen molar-refractivity contribution in [3.63, 3.8) is 0 Å². The summed E-state index contributed by atoms with van der Waals surface area (Å²) < 4.78 is 5.43. The lowest BCUT2D eigenvalue weighted by atomic mass is 9.95. The third-order valence-electron chi connectivity index (χ3n) is 2.38. The molecule has 0 aliphatic heterocycles. The van der Waals surface area contributed by atoms with Crippen LogP contribution in [0.5, 0.6) is 5.75 Å². The Hall–Kier alpha value is -1.59. The van der Waals surface area contributed by atoms with E-state index in [1.165, 1.54) is 13.0 Å². The lowest BCUT2D eigenvalue weighted by molar-refractivity contribution is -0.330. The van der Waals surface area contributed by atoms with Crippen molar-refractivity contribution >= 4 is 5.97 Å². The van der Waals surface area contributed by atoms with E-state index in [1.807, 2.05) is 0 Å². The standard InChI is InChI=1S/C12H17NO4/c1-8(2)16-12(3,11(14)15)9-5-4-6-10(7-9)17-13/h4-8H,13H2,1-3H3,(H,14,15)/p-1. The summed E-state index contributed by atoms with van der Waals surface area (Å²) in [5, 5.41) is 11.2. The summed E-state index contributed by atoms with van der Waals surface area (Å²) in [6.45, 7) is 4.95. The molecule has 0 saturated heterocycles. The number of carboxylic acid groups (broad SMARTS) is 1. The summed E-state index contributed by atoms with van der Waals surface area (Å²) in [6, 6.07) is 6.40. The third-order valence-corrected chi connectivity index (χ3v) is 2.38. The minimum Gasteiger partial charge on any atom is -0.547 e. The fourth-order valence-corrected chi connectivity index (χ4v) is 1.57. The van der Waals surface area contributed by atoms with Crippen molar-refractivity contribution in [1.82, 2.24) is 0 Å². The highest BCUT2D eigenvalue weighted by molar-refractivity contribution is 5.77. The summed E-state index contributed by atoms with van der Waals surface area (Å²) in [7, 11) is 0. The fourth-order valence-electron chi connectivity index (χ4n) is 1.57. The van der Waals surface area contributed by atoms with E-state index in [9.17, 15) is 9.90 Å². The average Bonchev–Trinajstić information content (AvgIpc) is 2.28. The maximum atomic E-state index is 11.2. The largest absolute Gasteiger partial charge is 0.547 e. The zero-order valence-electron chi connectivity index (χ0n) is 10.1. The van der Waals surface area contributed by atoms with Crippen molar-refractivity contribution in [2.75, 3.05) is 0 Å². The molecule has 5 heteroatoms. The lowest BCUT2D eigenvalue weighted by Crippen LogP contribution is -2.47. The van der Waals surface area contributed by atoms with Crippen LogP contribution in [0.25, 0.3) is 0 Å². The molecule has 1 aromatic rings. The molecule has 0 fully saturated rings. The van der Waals surface area contributed by atoms with Crippen molar-refractivity contribution in [3.8, 4) is 5.75 Å². The first-order valence-corrected chi connectivity index (χ1v) is 5.26. The van der Waals surface area contributed by atoms with Gasteiger partial charge >= 0.3 is 0 Å². The molecule has 0 aliphatic rings. The maximum absolute atomic E-state index is 11.2. The fraction of sp³-hybridized carbons (Fsp3) is 0.417. The Morgan fingerprint density at radius 2 is 2.12 bits per heavy atom. The van der Waals surface area contributed by atoms with Crippen molar-refractivity contribution in [3.05, 3.63) is 29.8 Å². The van der Waals surface area contributed by atoms with Crippen LogP contribution in [-0.4, -0.2) is 12.1 Å². The van der Waals surface area contributed by atoms with Gasteiger partial charge in [-0.15, -0.1) is 0 Å². The minimum absolute atomic E-state index is 0.250. The summed E-state index contributed by atoms with van der Waals surface area (Å²) in [4.78, 5) is 15.8. The molecule has 0 aromatic heterocycles. The first-order valence-electron chi connectivity index (χ1n) is 5.26.